The Bertz CT molecular complexity index is 1620. The van der Waals surface area contributed by atoms with E-state index < -0.39 is 0 Å². The third-order valence-electron chi connectivity index (χ3n) is 6.40. The number of ketones is 1. The Hall–Kier alpha value is -3.77. The van der Waals surface area contributed by atoms with E-state index in [0.717, 1.165) is 33.2 Å². The van der Waals surface area contributed by atoms with Gasteiger partial charge >= 0.3 is 0 Å². The molecule has 0 atom stereocenters. The molecule has 3 heterocycles. The zero-order valence-electron chi connectivity index (χ0n) is 18.7. The molecule has 0 radical (unpaired) electrons. The van der Waals surface area contributed by atoms with Crippen molar-refractivity contribution < 1.29 is 31.1 Å². The first-order valence-corrected chi connectivity index (χ1v) is 11.1. The molecule has 0 saturated heterocycles. The molecule has 0 saturated carbocycles. The fourth-order valence-corrected chi connectivity index (χ4v) is 4.66. The number of pyridine rings is 1. The molecular weight excluding hydrogens is 490 g/mol. The lowest BCUT2D eigenvalue weighted by molar-refractivity contribution is -0.592. The molecule has 0 spiro atoms. The predicted octanol–water partition coefficient (Wildman–Crippen LogP) is 2.52. The molecule has 0 bridgehead atoms. The highest BCUT2D eigenvalue weighted by Crippen LogP contribution is 2.31. The van der Waals surface area contributed by atoms with Gasteiger partial charge in [0.1, 0.15) is 11.1 Å². The third kappa shape index (κ3) is 3.33. The second-order valence-electron chi connectivity index (χ2n) is 8.79. The van der Waals surface area contributed by atoms with Crippen LogP contribution in [0.2, 0.25) is 0 Å². The summed E-state index contributed by atoms with van der Waals surface area (Å²) in [4.78, 5) is 29.5. The maximum atomic E-state index is 13.1. The molecule has 5 aromatic rings. The van der Waals surface area contributed by atoms with Crippen molar-refractivity contribution in [2.45, 2.75) is 19.8 Å². The molecule has 2 N–H and O–H groups in total. The minimum atomic E-state index is -0.161. The number of nitrogens with zero attached hydrogens (tertiary/aromatic N) is 1. The molecule has 5 nitrogen and oxygen atoms in total. The Kier molecular flexibility index (Phi) is 5.33. The first-order chi connectivity index (χ1) is 16.0. The first kappa shape index (κ1) is 22.0. The van der Waals surface area contributed by atoms with Gasteiger partial charge in [0.15, 0.2) is 6.20 Å². The van der Waals surface area contributed by atoms with Gasteiger partial charge < -0.3 is 27.3 Å². The van der Waals surface area contributed by atoms with Gasteiger partial charge in [0, 0.05) is 39.7 Å². The summed E-state index contributed by atoms with van der Waals surface area (Å²) < 4.78 is 1.94. The van der Waals surface area contributed by atoms with Crippen LogP contribution in [-0.4, -0.2) is 16.7 Å². The predicted molar refractivity (Wildman–Crippen MR) is 129 cm³/mol. The highest BCUT2D eigenvalue weighted by molar-refractivity contribution is 6.21. The van der Waals surface area contributed by atoms with Gasteiger partial charge in [0.2, 0.25) is 5.69 Å². The number of carbonyl (C=O) groups excluding carboxylic acids is 2. The van der Waals surface area contributed by atoms with Crippen LogP contribution in [0.3, 0.4) is 0 Å². The highest BCUT2D eigenvalue weighted by atomic mass is 79.9. The van der Waals surface area contributed by atoms with Crippen LogP contribution >= 0.6 is 0 Å². The van der Waals surface area contributed by atoms with Crippen molar-refractivity contribution in [1.82, 2.24) is 4.98 Å². The zero-order valence-corrected chi connectivity index (χ0v) is 20.3. The largest absolute Gasteiger partial charge is 1.00 e. The van der Waals surface area contributed by atoms with E-state index in [4.69, 9.17) is 0 Å². The molecule has 0 aliphatic carbocycles. The molecule has 6 rings (SSSR count). The van der Waals surface area contributed by atoms with Crippen molar-refractivity contribution in [3.8, 4) is 5.69 Å². The number of amides is 1. The normalized spacial score (nSPS) is 12.0. The first-order valence-electron chi connectivity index (χ1n) is 11.1. The number of halogens is 1. The van der Waals surface area contributed by atoms with Gasteiger partial charge in [-0.2, -0.15) is 4.57 Å². The number of fused-ring (bicyclic) bond motifs is 7. The van der Waals surface area contributed by atoms with E-state index in [1.165, 1.54) is 5.56 Å². The standard InChI is InChI=1S/C28H21N3O2.BrH/c1-16(2)17-6-5-7-19(14-17)29-28(33)18-10-11-23-22(15-18)20-12-13-31-24-9-4-3-8-21(24)27(32)26(31)25(20)30-23;/h3-16H,1-2H3,(H,29,33);1H. The number of H-pyrrole nitrogens is 1. The molecular formula is C28H22BrN3O2. The lowest BCUT2D eigenvalue weighted by atomic mass is 10.0. The maximum absolute atomic E-state index is 13.1. The van der Waals surface area contributed by atoms with Gasteiger partial charge in [-0.1, -0.05) is 38.1 Å². The van der Waals surface area contributed by atoms with E-state index in [1.54, 1.807) is 0 Å². The molecule has 1 aliphatic rings. The summed E-state index contributed by atoms with van der Waals surface area (Å²) in [7, 11) is 0. The monoisotopic (exact) mass is 511 g/mol. The van der Waals surface area contributed by atoms with Crippen LogP contribution in [0.25, 0.3) is 27.5 Å². The van der Waals surface area contributed by atoms with Gasteiger partial charge in [-0.3, -0.25) is 9.59 Å². The Labute approximate surface area is 207 Å². The summed E-state index contributed by atoms with van der Waals surface area (Å²) in [5, 5.41) is 4.85. The molecule has 1 amide bonds. The summed E-state index contributed by atoms with van der Waals surface area (Å²) in [6.45, 7) is 4.26. The van der Waals surface area contributed by atoms with Crippen molar-refractivity contribution in [2.24, 2.45) is 0 Å². The van der Waals surface area contributed by atoms with E-state index >= 15 is 0 Å². The number of nitrogens with one attached hydrogen (secondary N) is 2. The molecule has 168 valence electrons. The van der Waals surface area contributed by atoms with Crippen LogP contribution < -0.4 is 26.9 Å². The highest BCUT2D eigenvalue weighted by Gasteiger charge is 2.38. The number of aromatic nitrogens is 2. The Morgan fingerprint density at radius 2 is 1.76 bits per heavy atom. The summed E-state index contributed by atoms with van der Waals surface area (Å²) in [6.07, 6.45) is 1.93. The topological polar surface area (TPSA) is 65.8 Å². The molecule has 34 heavy (non-hydrogen) atoms. The summed E-state index contributed by atoms with van der Waals surface area (Å²) >= 11 is 0. The van der Waals surface area contributed by atoms with Gasteiger partial charge in [-0.15, -0.1) is 0 Å². The van der Waals surface area contributed by atoms with E-state index in [1.807, 2.05) is 77.5 Å². The second kappa shape index (κ2) is 8.22. The summed E-state index contributed by atoms with van der Waals surface area (Å²) in [6, 6.07) is 23.2. The quantitative estimate of drug-likeness (QED) is 0.358. The zero-order chi connectivity index (χ0) is 22.7. The van der Waals surface area contributed by atoms with Crippen molar-refractivity contribution in [2.75, 3.05) is 5.32 Å². The Balaban J connectivity index is 0.00000241. The molecule has 1 aliphatic heterocycles. The number of anilines is 1. The third-order valence-corrected chi connectivity index (χ3v) is 6.40. The number of para-hydroxylation sites is 1. The van der Waals surface area contributed by atoms with Crippen molar-refractivity contribution in [3.05, 3.63) is 101 Å². The Morgan fingerprint density at radius 3 is 2.59 bits per heavy atom. The van der Waals surface area contributed by atoms with Crippen LogP contribution in [0.15, 0.2) is 79.0 Å². The maximum Gasteiger partial charge on any atom is 0.284 e. The van der Waals surface area contributed by atoms with Crippen LogP contribution in [0.5, 0.6) is 0 Å². The average molecular weight is 512 g/mol. The number of aromatic amines is 1. The average Bonchev–Trinajstić information content (AvgIpc) is 3.34. The van der Waals surface area contributed by atoms with Crippen LogP contribution in [0, 0.1) is 0 Å². The van der Waals surface area contributed by atoms with Crippen LogP contribution in [-0.2, 0) is 0 Å². The SMILES string of the molecule is CC(C)c1cccc(NC(=O)c2ccc3[nH]c4c5[n+](ccc4c3c2)-c2ccccc2C5=O)c1.[Br-]. The number of rotatable bonds is 3. The van der Waals surface area contributed by atoms with E-state index in [2.05, 4.69) is 30.2 Å². The van der Waals surface area contributed by atoms with Crippen molar-refractivity contribution >= 4 is 39.2 Å². The van der Waals surface area contributed by atoms with Crippen LogP contribution in [0.1, 0.15) is 51.7 Å². The fourth-order valence-electron chi connectivity index (χ4n) is 4.66. The molecule has 0 fully saturated rings. The Morgan fingerprint density at radius 1 is 0.941 bits per heavy atom. The minimum Gasteiger partial charge on any atom is -1.00 e. The number of hydrogen-bond acceptors (Lipinski definition) is 2. The van der Waals surface area contributed by atoms with Gasteiger partial charge in [0.25, 0.3) is 17.4 Å². The van der Waals surface area contributed by atoms with Gasteiger partial charge in [0.05, 0.1) is 0 Å². The molecule has 6 heteroatoms. The van der Waals surface area contributed by atoms with E-state index in [9.17, 15) is 9.59 Å². The number of carbonyl (C=O) groups is 2. The van der Waals surface area contributed by atoms with Crippen LogP contribution in [0.4, 0.5) is 5.69 Å². The van der Waals surface area contributed by atoms with E-state index in [0.29, 0.717) is 22.7 Å². The number of benzene rings is 3. The van der Waals surface area contributed by atoms with Crippen molar-refractivity contribution in [3.63, 3.8) is 0 Å². The van der Waals surface area contributed by atoms with Gasteiger partial charge in [-0.05, 0) is 47.9 Å². The second-order valence-corrected chi connectivity index (χ2v) is 8.79. The molecule has 0 unspecified atom stereocenters. The van der Waals surface area contributed by atoms with Crippen molar-refractivity contribution in [1.29, 1.82) is 0 Å². The summed E-state index contributed by atoms with van der Waals surface area (Å²) in [5.74, 6) is 0.231. The smallest absolute Gasteiger partial charge is 0.284 e. The lowest BCUT2D eigenvalue weighted by Crippen LogP contribution is -3.00. The number of hydrogen-bond donors (Lipinski definition) is 2. The van der Waals surface area contributed by atoms with Gasteiger partial charge in [-0.25, -0.2) is 0 Å². The fraction of sp³-hybridized carbons (Fsp3) is 0.107. The summed E-state index contributed by atoms with van der Waals surface area (Å²) in [5.41, 5.74) is 6.42. The minimum absolute atomic E-state index is 0. The molecule has 2 aromatic heterocycles. The lowest BCUT2D eigenvalue weighted by Gasteiger charge is -2.09. The van der Waals surface area contributed by atoms with E-state index in [-0.39, 0.29) is 28.7 Å². The molecule has 3 aromatic carbocycles.